The van der Waals surface area contributed by atoms with Gasteiger partial charge < -0.3 is 0 Å². The van der Waals surface area contributed by atoms with E-state index in [0.717, 1.165) is 18.8 Å². The van der Waals surface area contributed by atoms with Crippen molar-refractivity contribution in [3.05, 3.63) is 47.5 Å². The highest BCUT2D eigenvalue weighted by molar-refractivity contribution is 5.25. The number of aryl methyl sites for hydroxylation is 1. The molecule has 0 bridgehead atoms. The molecule has 88 valence electrons. The molecule has 0 unspecified atom stereocenters. The van der Waals surface area contributed by atoms with Gasteiger partial charge in [-0.15, -0.1) is 0 Å². The maximum Gasteiger partial charge on any atom is -0.00699 e. The molecule has 0 saturated heterocycles. The van der Waals surface area contributed by atoms with Gasteiger partial charge in [0, 0.05) is 0 Å². The highest BCUT2D eigenvalue weighted by Crippen LogP contribution is 2.13. The molecular formula is C16H24. The molecule has 1 rings (SSSR count). The van der Waals surface area contributed by atoms with Crippen molar-refractivity contribution in [2.75, 3.05) is 0 Å². The standard InChI is InChI=1S/C16H24/c1-5-14(4)12-16-10-8-15(9-11-16)7-6-13(2)3/h8-11,13H,4-7,12H2,1-3H3. The summed E-state index contributed by atoms with van der Waals surface area (Å²) in [6.07, 6.45) is 4.59. The minimum Gasteiger partial charge on any atom is -0.0995 e. The zero-order valence-corrected chi connectivity index (χ0v) is 10.9. The molecule has 0 saturated carbocycles. The van der Waals surface area contributed by atoms with Crippen LogP contribution in [0.25, 0.3) is 0 Å². The smallest absolute Gasteiger partial charge is 0.00699 e. The van der Waals surface area contributed by atoms with E-state index in [2.05, 4.69) is 51.6 Å². The van der Waals surface area contributed by atoms with Crippen molar-refractivity contribution in [2.45, 2.75) is 46.5 Å². The Hall–Kier alpha value is -1.04. The summed E-state index contributed by atoms with van der Waals surface area (Å²) in [7, 11) is 0. The largest absolute Gasteiger partial charge is 0.0995 e. The maximum absolute atomic E-state index is 4.05. The molecule has 0 nitrogen and oxygen atoms in total. The average molecular weight is 216 g/mol. The first-order valence-electron chi connectivity index (χ1n) is 6.36. The van der Waals surface area contributed by atoms with Gasteiger partial charge >= 0.3 is 0 Å². The average Bonchev–Trinajstić information content (AvgIpc) is 2.28. The van der Waals surface area contributed by atoms with E-state index in [0.29, 0.717) is 0 Å². The molecule has 0 spiro atoms. The van der Waals surface area contributed by atoms with E-state index in [1.807, 2.05) is 0 Å². The Balaban J connectivity index is 2.51. The van der Waals surface area contributed by atoms with Gasteiger partial charge in [-0.1, -0.05) is 57.2 Å². The highest BCUT2D eigenvalue weighted by Gasteiger charge is 1.99. The molecule has 0 aliphatic rings. The zero-order valence-electron chi connectivity index (χ0n) is 10.9. The molecule has 0 aliphatic carbocycles. The van der Waals surface area contributed by atoms with Crippen molar-refractivity contribution in [3.8, 4) is 0 Å². The lowest BCUT2D eigenvalue weighted by molar-refractivity contribution is 0.586. The minimum absolute atomic E-state index is 0.791. The number of hydrogen-bond donors (Lipinski definition) is 0. The molecule has 1 aromatic carbocycles. The third-order valence-corrected chi connectivity index (χ3v) is 2.99. The second-order valence-corrected chi connectivity index (χ2v) is 5.03. The number of benzene rings is 1. The van der Waals surface area contributed by atoms with E-state index < -0.39 is 0 Å². The van der Waals surface area contributed by atoms with Crippen LogP contribution in [0.3, 0.4) is 0 Å². The Morgan fingerprint density at radius 3 is 2.19 bits per heavy atom. The second kappa shape index (κ2) is 6.52. The van der Waals surface area contributed by atoms with Gasteiger partial charge in [-0.2, -0.15) is 0 Å². The predicted molar refractivity (Wildman–Crippen MR) is 72.7 cm³/mol. The molecule has 0 heterocycles. The molecule has 0 N–H and O–H groups in total. The minimum atomic E-state index is 0.791. The summed E-state index contributed by atoms with van der Waals surface area (Å²) < 4.78 is 0. The fourth-order valence-corrected chi connectivity index (χ4v) is 1.69. The molecule has 0 amide bonds. The molecule has 1 aromatic rings. The number of allylic oxidation sites excluding steroid dienone is 1. The lowest BCUT2D eigenvalue weighted by Gasteiger charge is -2.07. The highest BCUT2D eigenvalue weighted by atomic mass is 14.0. The van der Waals surface area contributed by atoms with E-state index in [1.54, 1.807) is 0 Å². The Bertz CT molecular complexity index is 316. The molecule has 0 heteroatoms. The molecule has 0 fully saturated rings. The first-order chi connectivity index (χ1) is 7.61. The summed E-state index contributed by atoms with van der Waals surface area (Å²) in [5.74, 6) is 0.791. The van der Waals surface area contributed by atoms with Crippen LogP contribution in [-0.2, 0) is 12.8 Å². The predicted octanol–water partition coefficient (Wildman–Crippen LogP) is 4.78. The van der Waals surface area contributed by atoms with Gasteiger partial charge in [-0.3, -0.25) is 0 Å². The van der Waals surface area contributed by atoms with E-state index in [4.69, 9.17) is 0 Å². The Morgan fingerprint density at radius 2 is 1.69 bits per heavy atom. The monoisotopic (exact) mass is 216 g/mol. The summed E-state index contributed by atoms with van der Waals surface area (Å²) in [5, 5.41) is 0. The van der Waals surface area contributed by atoms with Crippen LogP contribution in [0.2, 0.25) is 0 Å². The van der Waals surface area contributed by atoms with Gasteiger partial charge in [0.15, 0.2) is 0 Å². The van der Waals surface area contributed by atoms with Crippen LogP contribution >= 0.6 is 0 Å². The van der Waals surface area contributed by atoms with Gasteiger partial charge in [0.05, 0.1) is 0 Å². The summed E-state index contributed by atoms with van der Waals surface area (Å²) in [4.78, 5) is 0. The zero-order chi connectivity index (χ0) is 12.0. The lowest BCUT2D eigenvalue weighted by Crippen LogP contribution is -1.93. The van der Waals surface area contributed by atoms with Crippen LogP contribution in [0.1, 0.15) is 44.7 Å². The fraction of sp³-hybridized carbons (Fsp3) is 0.500. The van der Waals surface area contributed by atoms with Crippen LogP contribution in [0.5, 0.6) is 0 Å². The van der Waals surface area contributed by atoms with E-state index >= 15 is 0 Å². The quantitative estimate of drug-likeness (QED) is 0.600. The van der Waals surface area contributed by atoms with E-state index in [-0.39, 0.29) is 0 Å². The van der Waals surface area contributed by atoms with Crippen LogP contribution in [0, 0.1) is 5.92 Å². The van der Waals surface area contributed by atoms with Crippen LogP contribution in [0.15, 0.2) is 36.4 Å². The number of hydrogen-bond acceptors (Lipinski definition) is 0. The van der Waals surface area contributed by atoms with Crippen LogP contribution in [0.4, 0.5) is 0 Å². The Labute approximate surface area is 100 Å². The molecular weight excluding hydrogens is 192 g/mol. The molecule has 0 atom stereocenters. The van der Waals surface area contributed by atoms with Gasteiger partial charge in [0.1, 0.15) is 0 Å². The first-order valence-corrected chi connectivity index (χ1v) is 6.36. The number of rotatable bonds is 6. The molecule has 0 aliphatic heterocycles. The summed E-state index contributed by atoms with van der Waals surface area (Å²) in [6, 6.07) is 9.02. The third kappa shape index (κ3) is 4.65. The third-order valence-electron chi connectivity index (χ3n) is 2.99. The summed E-state index contributed by atoms with van der Waals surface area (Å²) in [5.41, 5.74) is 4.16. The molecule has 0 radical (unpaired) electrons. The first kappa shape index (κ1) is 13.0. The van der Waals surface area contributed by atoms with Crippen molar-refractivity contribution in [1.29, 1.82) is 0 Å². The summed E-state index contributed by atoms with van der Waals surface area (Å²) in [6.45, 7) is 10.8. The van der Waals surface area contributed by atoms with Gasteiger partial charge in [-0.05, 0) is 42.7 Å². The van der Waals surface area contributed by atoms with E-state index in [9.17, 15) is 0 Å². The van der Waals surface area contributed by atoms with Crippen LogP contribution in [-0.4, -0.2) is 0 Å². The Kier molecular flexibility index (Phi) is 5.31. The molecule has 16 heavy (non-hydrogen) atoms. The van der Waals surface area contributed by atoms with Gasteiger partial charge in [0.2, 0.25) is 0 Å². The Morgan fingerprint density at radius 1 is 1.12 bits per heavy atom. The lowest BCUT2D eigenvalue weighted by atomic mass is 9.99. The second-order valence-electron chi connectivity index (χ2n) is 5.03. The SMILES string of the molecule is C=C(CC)Cc1ccc(CCC(C)C)cc1. The van der Waals surface area contributed by atoms with Crippen molar-refractivity contribution in [2.24, 2.45) is 5.92 Å². The van der Waals surface area contributed by atoms with Gasteiger partial charge in [0.25, 0.3) is 0 Å². The van der Waals surface area contributed by atoms with Crippen molar-refractivity contribution in [3.63, 3.8) is 0 Å². The van der Waals surface area contributed by atoms with E-state index in [1.165, 1.54) is 29.5 Å². The van der Waals surface area contributed by atoms with Crippen LogP contribution < -0.4 is 0 Å². The topological polar surface area (TPSA) is 0 Å². The molecule has 0 aromatic heterocycles. The maximum atomic E-state index is 4.05. The summed E-state index contributed by atoms with van der Waals surface area (Å²) >= 11 is 0. The van der Waals surface area contributed by atoms with Gasteiger partial charge in [-0.25, -0.2) is 0 Å². The van der Waals surface area contributed by atoms with Crippen molar-refractivity contribution in [1.82, 2.24) is 0 Å². The normalized spacial score (nSPS) is 10.8. The fourth-order valence-electron chi connectivity index (χ4n) is 1.69. The van der Waals surface area contributed by atoms with Crippen molar-refractivity contribution >= 4 is 0 Å². The van der Waals surface area contributed by atoms with Crippen molar-refractivity contribution < 1.29 is 0 Å².